The number of nitrogens with one attached hydrogen (secondary N) is 1. The average molecular weight is 258 g/mol. The molecule has 0 saturated heterocycles. The summed E-state index contributed by atoms with van der Waals surface area (Å²) in [5.74, 6) is -0.163. The molecule has 0 aliphatic carbocycles. The van der Waals surface area contributed by atoms with Gasteiger partial charge in [0.2, 0.25) is 5.91 Å². The van der Waals surface area contributed by atoms with Crippen molar-refractivity contribution in [3.63, 3.8) is 0 Å². The van der Waals surface area contributed by atoms with Crippen LogP contribution in [-0.2, 0) is 14.3 Å². The molecule has 1 amide bonds. The molecule has 1 N–H and O–H groups in total. The van der Waals surface area contributed by atoms with E-state index in [2.05, 4.69) is 22.3 Å². The number of unbranched alkanes of at least 4 members (excludes halogenated alkanes) is 1. The fraction of sp³-hybridized carbons (Fsp3) is 0.909. The number of carbonyl (C=O) groups excluding carboxylic acids is 1. The number of hydrogen-bond donors (Lipinski definition) is 1. The van der Waals surface area contributed by atoms with Gasteiger partial charge in [-0.3, -0.25) is 4.79 Å². The summed E-state index contributed by atoms with van der Waals surface area (Å²) in [7, 11) is 0. The molecule has 0 rings (SSSR count). The number of carbonyl (C=O) groups is 1. The number of ether oxygens (including phenoxy) is 2. The summed E-state index contributed by atoms with van der Waals surface area (Å²) < 4.78 is 10.4. The molecule has 0 radical (unpaired) electrons. The van der Waals surface area contributed by atoms with Crippen LogP contribution in [0.15, 0.2) is 5.11 Å². The van der Waals surface area contributed by atoms with E-state index in [0.717, 1.165) is 19.4 Å². The van der Waals surface area contributed by atoms with Gasteiger partial charge in [-0.15, -0.1) is 0 Å². The number of amides is 1. The third-order valence-electron chi connectivity index (χ3n) is 2.07. The van der Waals surface area contributed by atoms with Crippen molar-refractivity contribution in [3.8, 4) is 0 Å². The van der Waals surface area contributed by atoms with E-state index >= 15 is 0 Å². The van der Waals surface area contributed by atoms with Crippen molar-refractivity contribution in [2.75, 3.05) is 39.5 Å². The molecule has 0 heterocycles. The third-order valence-corrected chi connectivity index (χ3v) is 2.07. The molecule has 0 saturated carbocycles. The normalized spacial score (nSPS) is 9.83. The molecule has 0 unspecified atom stereocenters. The van der Waals surface area contributed by atoms with Crippen LogP contribution >= 0.6 is 0 Å². The van der Waals surface area contributed by atoms with E-state index in [0.29, 0.717) is 32.7 Å². The average Bonchev–Trinajstić information content (AvgIpc) is 2.37. The summed E-state index contributed by atoms with van der Waals surface area (Å²) in [5, 5.41) is 6.03. The Morgan fingerprint density at radius 2 is 2.06 bits per heavy atom. The maximum Gasteiger partial charge on any atom is 0.245 e. The maximum absolute atomic E-state index is 11.2. The van der Waals surface area contributed by atoms with Crippen molar-refractivity contribution in [2.45, 2.75) is 26.2 Å². The van der Waals surface area contributed by atoms with Crippen LogP contribution in [0.5, 0.6) is 0 Å². The molecule has 0 aromatic rings. The lowest BCUT2D eigenvalue weighted by molar-refractivity contribution is -0.126. The predicted molar refractivity (Wildman–Crippen MR) is 68.2 cm³/mol. The zero-order valence-corrected chi connectivity index (χ0v) is 10.9. The van der Waals surface area contributed by atoms with Gasteiger partial charge in [-0.1, -0.05) is 18.5 Å². The third kappa shape index (κ3) is 12.8. The van der Waals surface area contributed by atoms with Crippen LogP contribution in [0.3, 0.4) is 0 Å². The van der Waals surface area contributed by atoms with Gasteiger partial charge in [-0.2, -0.15) is 0 Å². The standard InChI is InChI=1S/C11H22N4O3/c1-2-3-7-17-8-9-18-10-11(16)13-5-4-6-14-15-12/h2-10H2,1H3,(H,13,16). The highest BCUT2D eigenvalue weighted by molar-refractivity contribution is 5.77. The smallest absolute Gasteiger partial charge is 0.245 e. The van der Waals surface area contributed by atoms with E-state index in [-0.39, 0.29) is 12.5 Å². The highest BCUT2D eigenvalue weighted by atomic mass is 16.5. The first-order chi connectivity index (χ1) is 8.81. The van der Waals surface area contributed by atoms with Crippen LogP contribution in [0.4, 0.5) is 0 Å². The van der Waals surface area contributed by atoms with Gasteiger partial charge in [-0.05, 0) is 18.4 Å². The molecule has 0 bridgehead atoms. The summed E-state index contributed by atoms with van der Waals surface area (Å²) in [6, 6.07) is 0. The first-order valence-electron chi connectivity index (χ1n) is 6.24. The van der Waals surface area contributed by atoms with E-state index in [4.69, 9.17) is 15.0 Å². The Hall–Kier alpha value is -1.30. The van der Waals surface area contributed by atoms with Crippen LogP contribution in [-0.4, -0.2) is 45.4 Å². The Morgan fingerprint density at radius 3 is 2.78 bits per heavy atom. The molecule has 0 spiro atoms. The maximum atomic E-state index is 11.2. The number of rotatable bonds is 12. The Labute approximate surface area is 107 Å². The summed E-state index contributed by atoms with van der Waals surface area (Å²) in [6.45, 7) is 4.72. The largest absolute Gasteiger partial charge is 0.379 e. The molecular weight excluding hydrogens is 236 g/mol. The Bertz CT molecular complexity index is 255. The molecule has 7 heteroatoms. The van der Waals surface area contributed by atoms with E-state index < -0.39 is 0 Å². The van der Waals surface area contributed by atoms with Gasteiger partial charge >= 0.3 is 0 Å². The minimum Gasteiger partial charge on any atom is -0.379 e. The van der Waals surface area contributed by atoms with Crippen LogP contribution in [0.1, 0.15) is 26.2 Å². The topological polar surface area (TPSA) is 96.3 Å². The number of azide groups is 1. The lowest BCUT2D eigenvalue weighted by Crippen LogP contribution is -2.29. The molecule has 0 aliphatic heterocycles. The number of hydrogen-bond acceptors (Lipinski definition) is 4. The summed E-state index contributed by atoms with van der Waals surface area (Å²) >= 11 is 0. The second kappa shape index (κ2) is 13.8. The van der Waals surface area contributed by atoms with Crippen molar-refractivity contribution in [1.82, 2.24) is 5.32 Å². The monoisotopic (exact) mass is 258 g/mol. The summed E-state index contributed by atoms with van der Waals surface area (Å²) in [4.78, 5) is 13.8. The molecule has 0 aromatic carbocycles. The van der Waals surface area contributed by atoms with Crippen molar-refractivity contribution < 1.29 is 14.3 Å². The molecule has 0 fully saturated rings. The van der Waals surface area contributed by atoms with Gasteiger partial charge in [0.1, 0.15) is 6.61 Å². The van der Waals surface area contributed by atoms with E-state index in [1.807, 2.05) is 0 Å². The van der Waals surface area contributed by atoms with Crippen LogP contribution in [0.2, 0.25) is 0 Å². The molecule has 0 atom stereocenters. The second-order valence-electron chi connectivity index (χ2n) is 3.68. The summed E-state index contributed by atoms with van der Waals surface area (Å²) in [6.07, 6.45) is 2.79. The van der Waals surface area contributed by atoms with E-state index in [1.165, 1.54) is 0 Å². The highest BCUT2D eigenvalue weighted by Gasteiger charge is 1.99. The fourth-order valence-electron chi connectivity index (χ4n) is 1.10. The van der Waals surface area contributed by atoms with E-state index in [1.54, 1.807) is 0 Å². The van der Waals surface area contributed by atoms with Crippen molar-refractivity contribution >= 4 is 5.91 Å². The predicted octanol–water partition coefficient (Wildman–Crippen LogP) is 1.64. The Morgan fingerprint density at radius 1 is 1.28 bits per heavy atom. The zero-order valence-electron chi connectivity index (χ0n) is 10.9. The van der Waals surface area contributed by atoms with Gasteiger partial charge in [-0.25, -0.2) is 0 Å². The fourth-order valence-corrected chi connectivity index (χ4v) is 1.10. The van der Waals surface area contributed by atoms with Crippen LogP contribution in [0, 0.1) is 0 Å². The van der Waals surface area contributed by atoms with Gasteiger partial charge in [0.15, 0.2) is 0 Å². The molecular formula is C11H22N4O3. The van der Waals surface area contributed by atoms with Crippen molar-refractivity contribution in [2.24, 2.45) is 5.11 Å². The quantitative estimate of drug-likeness (QED) is 0.249. The van der Waals surface area contributed by atoms with Crippen molar-refractivity contribution in [1.29, 1.82) is 0 Å². The molecule has 104 valence electrons. The zero-order chi connectivity index (χ0) is 13.5. The van der Waals surface area contributed by atoms with Crippen molar-refractivity contribution in [3.05, 3.63) is 10.4 Å². The number of nitrogens with zero attached hydrogens (tertiary/aromatic N) is 3. The second-order valence-corrected chi connectivity index (χ2v) is 3.68. The first kappa shape index (κ1) is 16.7. The van der Waals surface area contributed by atoms with Gasteiger partial charge in [0.25, 0.3) is 0 Å². The highest BCUT2D eigenvalue weighted by Crippen LogP contribution is 1.88. The minimum atomic E-state index is -0.163. The lowest BCUT2D eigenvalue weighted by atomic mass is 10.4. The van der Waals surface area contributed by atoms with Crippen LogP contribution < -0.4 is 5.32 Å². The Balaban J connectivity index is 3.19. The Kier molecular flexibility index (Phi) is 12.8. The van der Waals surface area contributed by atoms with Crippen LogP contribution in [0.25, 0.3) is 10.4 Å². The van der Waals surface area contributed by atoms with Gasteiger partial charge in [0, 0.05) is 24.6 Å². The summed E-state index contributed by atoms with van der Waals surface area (Å²) in [5.41, 5.74) is 8.03. The van der Waals surface area contributed by atoms with Gasteiger partial charge in [0.05, 0.1) is 13.2 Å². The molecule has 18 heavy (non-hydrogen) atoms. The molecule has 7 nitrogen and oxygen atoms in total. The SMILES string of the molecule is CCCCOCCOCC(=O)NCCCN=[N+]=[N-]. The molecule has 0 aliphatic rings. The van der Waals surface area contributed by atoms with E-state index in [9.17, 15) is 4.79 Å². The first-order valence-corrected chi connectivity index (χ1v) is 6.24. The lowest BCUT2D eigenvalue weighted by Gasteiger charge is -2.06. The molecule has 0 aromatic heterocycles. The van der Waals surface area contributed by atoms with Gasteiger partial charge < -0.3 is 14.8 Å². The minimum absolute atomic E-state index is 0.0403.